The minimum absolute atomic E-state index is 0.892. The van der Waals surface area contributed by atoms with E-state index in [-0.39, 0.29) is 0 Å². The summed E-state index contributed by atoms with van der Waals surface area (Å²) in [4.78, 5) is 0. The van der Waals surface area contributed by atoms with Crippen LogP contribution < -0.4 is 0 Å². The Morgan fingerprint density at radius 2 is 1.04 bits per heavy atom. The van der Waals surface area contributed by atoms with Crippen LogP contribution in [-0.2, 0) is 0 Å². The van der Waals surface area contributed by atoms with Crippen molar-refractivity contribution in [2.75, 3.05) is 0 Å². The van der Waals surface area contributed by atoms with Crippen molar-refractivity contribution in [3.8, 4) is 22.5 Å². The highest BCUT2D eigenvalue weighted by Gasteiger charge is 2.23. The second-order valence-corrected chi connectivity index (χ2v) is 12.9. The second kappa shape index (κ2) is 9.96. The van der Waals surface area contributed by atoms with Crippen LogP contribution >= 0.6 is 0 Å². The SMILES string of the molecule is c1ccc(-n2c3ccccc3c3cc(-c4cc5c6ccccc6n(-c6ccc7ccccc7c6)c5c5oc6ccccc6c45)ccc32)cc1. The summed E-state index contributed by atoms with van der Waals surface area (Å²) in [5.41, 5.74) is 11.1. The Kier molecular flexibility index (Phi) is 5.38. The molecule has 49 heavy (non-hydrogen) atoms. The number of benzene rings is 8. The van der Waals surface area contributed by atoms with Crippen LogP contribution in [0.2, 0.25) is 0 Å². The third kappa shape index (κ3) is 3.73. The fourth-order valence-electron chi connectivity index (χ4n) is 8.14. The molecule has 0 aliphatic carbocycles. The van der Waals surface area contributed by atoms with Crippen molar-refractivity contribution in [1.29, 1.82) is 0 Å². The van der Waals surface area contributed by atoms with E-state index in [0.29, 0.717) is 0 Å². The molecular weight excluding hydrogens is 597 g/mol. The van der Waals surface area contributed by atoms with Gasteiger partial charge in [-0.3, -0.25) is 0 Å². The molecule has 11 rings (SSSR count). The molecule has 8 aromatic carbocycles. The highest BCUT2D eigenvalue weighted by Crippen LogP contribution is 2.46. The number of hydrogen-bond donors (Lipinski definition) is 0. The molecule has 0 saturated heterocycles. The summed E-state index contributed by atoms with van der Waals surface area (Å²) in [5.74, 6) is 0. The highest BCUT2D eigenvalue weighted by atomic mass is 16.3. The fraction of sp³-hybridized carbons (Fsp3) is 0. The maximum absolute atomic E-state index is 6.90. The smallest absolute Gasteiger partial charge is 0.160 e. The Morgan fingerprint density at radius 3 is 1.88 bits per heavy atom. The Bertz CT molecular complexity index is 3100. The van der Waals surface area contributed by atoms with Crippen molar-refractivity contribution < 1.29 is 4.42 Å². The van der Waals surface area contributed by atoms with E-state index in [9.17, 15) is 0 Å². The quantitative estimate of drug-likeness (QED) is 0.192. The maximum atomic E-state index is 6.90. The summed E-state index contributed by atoms with van der Waals surface area (Å²) < 4.78 is 11.7. The number of furan rings is 1. The molecule has 0 aliphatic heterocycles. The van der Waals surface area contributed by atoms with Crippen LogP contribution in [-0.4, -0.2) is 9.13 Å². The molecule has 0 aliphatic rings. The molecular formula is C46H28N2O. The minimum atomic E-state index is 0.892. The molecule has 0 amide bonds. The summed E-state index contributed by atoms with van der Waals surface area (Å²) in [5, 5.41) is 9.56. The molecule has 11 aromatic rings. The monoisotopic (exact) mass is 624 g/mol. The van der Waals surface area contributed by atoms with Crippen molar-refractivity contribution in [3.05, 3.63) is 170 Å². The third-order valence-corrected chi connectivity index (χ3v) is 10.3. The van der Waals surface area contributed by atoms with Gasteiger partial charge in [0, 0.05) is 43.7 Å². The first kappa shape index (κ1) is 26.5. The van der Waals surface area contributed by atoms with Crippen LogP contribution in [0.1, 0.15) is 0 Å². The van der Waals surface area contributed by atoms with Gasteiger partial charge in [-0.1, -0.05) is 109 Å². The number of hydrogen-bond acceptors (Lipinski definition) is 1. The molecule has 3 heterocycles. The Hall–Kier alpha value is -6.58. The predicted octanol–water partition coefficient (Wildman–Crippen LogP) is 12.6. The van der Waals surface area contributed by atoms with E-state index in [0.717, 1.165) is 44.3 Å². The van der Waals surface area contributed by atoms with E-state index in [2.05, 4.69) is 179 Å². The average Bonchev–Trinajstić information content (AvgIpc) is 3.82. The largest absolute Gasteiger partial charge is 0.454 e. The van der Waals surface area contributed by atoms with Crippen molar-refractivity contribution in [3.63, 3.8) is 0 Å². The molecule has 3 heteroatoms. The minimum Gasteiger partial charge on any atom is -0.454 e. The predicted molar refractivity (Wildman–Crippen MR) is 205 cm³/mol. The van der Waals surface area contributed by atoms with Crippen molar-refractivity contribution in [2.45, 2.75) is 0 Å². The third-order valence-electron chi connectivity index (χ3n) is 10.3. The molecule has 3 nitrogen and oxygen atoms in total. The first-order chi connectivity index (χ1) is 24.3. The lowest BCUT2D eigenvalue weighted by Crippen LogP contribution is -1.94. The number of nitrogens with zero attached hydrogens (tertiary/aromatic N) is 2. The number of rotatable bonds is 3. The number of fused-ring (bicyclic) bond motifs is 11. The van der Waals surface area contributed by atoms with Crippen molar-refractivity contribution in [1.82, 2.24) is 9.13 Å². The molecule has 228 valence electrons. The van der Waals surface area contributed by atoms with Gasteiger partial charge in [0.2, 0.25) is 0 Å². The van der Waals surface area contributed by atoms with Crippen LogP contribution in [0.5, 0.6) is 0 Å². The Labute approximate surface area is 281 Å². The van der Waals surface area contributed by atoms with E-state index in [1.54, 1.807) is 0 Å². The van der Waals surface area contributed by atoms with Gasteiger partial charge in [-0.05, 0) is 82.6 Å². The summed E-state index contributed by atoms with van der Waals surface area (Å²) >= 11 is 0. The van der Waals surface area contributed by atoms with Crippen LogP contribution in [0.4, 0.5) is 0 Å². The standard InChI is InChI=1S/C46H28N2O/c1-2-14-32(15-3-1)47-40-19-9-6-16-34(40)38-27-31(23-25-42(38)47)37-28-39-35-17-7-10-20-41(35)48(33-24-22-29-12-4-5-13-30(29)26-33)45(39)46-44(37)36-18-8-11-21-43(36)49-46/h1-28H. The van der Waals surface area contributed by atoms with E-state index in [1.807, 2.05) is 0 Å². The molecule has 3 aromatic heterocycles. The van der Waals surface area contributed by atoms with E-state index >= 15 is 0 Å². The maximum Gasteiger partial charge on any atom is 0.160 e. The first-order valence-corrected chi connectivity index (χ1v) is 16.8. The van der Waals surface area contributed by atoms with Gasteiger partial charge in [0.15, 0.2) is 5.58 Å². The summed E-state index contributed by atoms with van der Waals surface area (Å²) in [7, 11) is 0. The highest BCUT2D eigenvalue weighted by molar-refractivity contribution is 6.26. The van der Waals surface area contributed by atoms with E-state index in [1.165, 1.54) is 54.5 Å². The van der Waals surface area contributed by atoms with Crippen molar-refractivity contribution >= 4 is 76.3 Å². The molecule has 0 fully saturated rings. The van der Waals surface area contributed by atoms with E-state index < -0.39 is 0 Å². The summed E-state index contributed by atoms with van der Waals surface area (Å²) in [6, 6.07) is 61.2. The summed E-state index contributed by atoms with van der Waals surface area (Å²) in [6.07, 6.45) is 0. The normalized spacial score (nSPS) is 12.1. The van der Waals surface area contributed by atoms with Crippen molar-refractivity contribution in [2.24, 2.45) is 0 Å². The fourth-order valence-corrected chi connectivity index (χ4v) is 8.14. The molecule has 0 saturated carbocycles. The lowest BCUT2D eigenvalue weighted by Gasteiger charge is -2.11. The average molecular weight is 625 g/mol. The molecule has 0 radical (unpaired) electrons. The van der Waals surface area contributed by atoms with E-state index in [4.69, 9.17) is 4.42 Å². The Morgan fingerprint density at radius 1 is 0.388 bits per heavy atom. The van der Waals surface area contributed by atoms with Gasteiger partial charge in [-0.15, -0.1) is 0 Å². The van der Waals surface area contributed by atoms with Crippen LogP contribution in [0.3, 0.4) is 0 Å². The lowest BCUT2D eigenvalue weighted by molar-refractivity contribution is 0.671. The zero-order chi connectivity index (χ0) is 32.1. The van der Waals surface area contributed by atoms with Gasteiger partial charge in [-0.25, -0.2) is 0 Å². The molecule has 0 unspecified atom stereocenters. The van der Waals surface area contributed by atoms with Gasteiger partial charge >= 0.3 is 0 Å². The Balaban J connectivity index is 1.27. The topological polar surface area (TPSA) is 23.0 Å². The first-order valence-electron chi connectivity index (χ1n) is 16.8. The zero-order valence-electron chi connectivity index (χ0n) is 26.5. The molecule has 0 N–H and O–H groups in total. The number of aromatic nitrogens is 2. The van der Waals surface area contributed by atoms with Gasteiger partial charge < -0.3 is 13.6 Å². The molecule has 0 spiro atoms. The van der Waals surface area contributed by atoms with Gasteiger partial charge in [0.1, 0.15) is 5.58 Å². The van der Waals surface area contributed by atoms with Gasteiger partial charge in [0.25, 0.3) is 0 Å². The molecule has 0 atom stereocenters. The molecule has 0 bridgehead atoms. The number of para-hydroxylation sites is 4. The van der Waals surface area contributed by atoms with Crippen LogP contribution in [0, 0.1) is 0 Å². The lowest BCUT2D eigenvalue weighted by atomic mass is 9.95. The van der Waals surface area contributed by atoms with Crippen LogP contribution in [0.25, 0.3) is 98.8 Å². The van der Waals surface area contributed by atoms with Crippen LogP contribution in [0.15, 0.2) is 174 Å². The van der Waals surface area contributed by atoms with Gasteiger partial charge in [0.05, 0.1) is 22.1 Å². The second-order valence-electron chi connectivity index (χ2n) is 12.9. The summed E-state index contributed by atoms with van der Waals surface area (Å²) in [6.45, 7) is 0. The van der Waals surface area contributed by atoms with Gasteiger partial charge in [-0.2, -0.15) is 0 Å². The zero-order valence-corrected chi connectivity index (χ0v) is 26.5.